The first-order valence-electron chi connectivity index (χ1n) is 6.03. The van der Waals surface area contributed by atoms with Crippen molar-refractivity contribution in [3.63, 3.8) is 0 Å². The summed E-state index contributed by atoms with van der Waals surface area (Å²) in [4.78, 5) is 14.5. The number of carboxylic acids is 1. The highest BCUT2D eigenvalue weighted by atomic mass is 32.2. The van der Waals surface area contributed by atoms with Crippen LogP contribution in [0.2, 0.25) is 0 Å². The fraction of sp³-hybridized carbons (Fsp3) is 0.417. The Balaban J connectivity index is 2.08. The van der Waals surface area contributed by atoms with Crippen molar-refractivity contribution in [3.05, 3.63) is 24.0 Å². The van der Waals surface area contributed by atoms with Crippen LogP contribution in [0, 0.1) is 17.2 Å². The van der Waals surface area contributed by atoms with Crippen molar-refractivity contribution in [1.82, 2.24) is 9.71 Å². The first kappa shape index (κ1) is 14.4. The van der Waals surface area contributed by atoms with E-state index < -0.39 is 21.9 Å². The fourth-order valence-corrected chi connectivity index (χ4v) is 3.43. The van der Waals surface area contributed by atoms with E-state index in [9.17, 15) is 13.2 Å². The van der Waals surface area contributed by atoms with Crippen LogP contribution in [0.15, 0.2) is 23.2 Å². The molecular weight excluding hydrogens is 282 g/mol. The van der Waals surface area contributed by atoms with Crippen molar-refractivity contribution in [2.45, 2.75) is 30.2 Å². The molecule has 2 N–H and O–H groups in total. The van der Waals surface area contributed by atoms with Gasteiger partial charge in [0.1, 0.15) is 16.7 Å². The predicted molar refractivity (Wildman–Crippen MR) is 68.0 cm³/mol. The monoisotopic (exact) mass is 295 g/mol. The number of hydrogen-bond donors (Lipinski definition) is 2. The van der Waals surface area contributed by atoms with E-state index in [0.29, 0.717) is 12.8 Å². The van der Waals surface area contributed by atoms with E-state index >= 15 is 0 Å². The number of pyridine rings is 1. The highest BCUT2D eigenvalue weighted by Crippen LogP contribution is 2.26. The summed E-state index contributed by atoms with van der Waals surface area (Å²) >= 11 is 0. The van der Waals surface area contributed by atoms with Gasteiger partial charge in [0.2, 0.25) is 10.0 Å². The van der Waals surface area contributed by atoms with Gasteiger partial charge in [-0.25, -0.2) is 18.1 Å². The molecule has 0 bridgehead atoms. The molecule has 1 fully saturated rings. The second-order valence-electron chi connectivity index (χ2n) is 4.66. The van der Waals surface area contributed by atoms with Gasteiger partial charge >= 0.3 is 5.97 Å². The average Bonchev–Trinajstić information content (AvgIpc) is 2.87. The quantitative estimate of drug-likeness (QED) is 0.833. The molecule has 1 heterocycles. The van der Waals surface area contributed by atoms with E-state index in [1.54, 1.807) is 6.07 Å². The van der Waals surface area contributed by atoms with Crippen molar-refractivity contribution in [2.24, 2.45) is 5.92 Å². The Hall–Kier alpha value is -1.98. The van der Waals surface area contributed by atoms with Crippen LogP contribution in [-0.2, 0) is 14.8 Å². The van der Waals surface area contributed by atoms with E-state index in [1.165, 1.54) is 12.1 Å². The molecule has 1 aliphatic rings. The molecule has 1 aromatic heterocycles. The lowest BCUT2D eigenvalue weighted by atomic mass is 10.1. The van der Waals surface area contributed by atoms with Gasteiger partial charge in [-0.05, 0) is 31.4 Å². The number of aliphatic carboxylic acids is 1. The van der Waals surface area contributed by atoms with Gasteiger partial charge in [-0.15, -0.1) is 0 Å². The predicted octanol–water partition coefficient (Wildman–Crippen LogP) is 0.485. The average molecular weight is 295 g/mol. The number of nitrogens with zero attached hydrogens (tertiary/aromatic N) is 2. The Morgan fingerprint density at radius 2 is 2.20 bits per heavy atom. The molecule has 8 heteroatoms. The molecule has 0 aromatic carbocycles. The fourth-order valence-electron chi connectivity index (χ4n) is 2.21. The standard InChI is InChI=1S/C12H13N3O4S/c13-6-10-3-4-11(7-14-10)20(18,19)15-9-2-1-8(5-9)12(16)17/h3-4,7-9,15H,1-2,5H2,(H,16,17)/t8-,9+/m1/s1. The third-order valence-electron chi connectivity index (χ3n) is 3.26. The number of rotatable bonds is 4. The van der Waals surface area contributed by atoms with Gasteiger partial charge in [0.05, 0.1) is 5.92 Å². The van der Waals surface area contributed by atoms with Gasteiger partial charge in [-0.2, -0.15) is 5.26 Å². The van der Waals surface area contributed by atoms with Gasteiger partial charge in [0.25, 0.3) is 0 Å². The molecule has 2 atom stereocenters. The van der Waals surface area contributed by atoms with E-state index in [1.807, 2.05) is 0 Å². The molecule has 1 aliphatic carbocycles. The van der Waals surface area contributed by atoms with E-state index in [0.717, 1.165) is 6.20 Å². The minimum absolute atomic E-state index is 0.0322. The van der Waals surface area contributed by atoms with Crippen molar-refractivity contribution in [1.29, 1.82) is 5.26 Å². The summed E-state index contributed by atoms with van der Waals surface area (Å²) in [6, 6.07) is 4.05. The molecule has 20 heavy (non-hydrogen) atoms. The second-order valence-corrected chi connectivity index (χ2v) is 6.37. The lowest BCUT2D eigenvalue weighted by Gasteiger charge is -2.12. The number of carboxylic acid groups (broad SMARTS) is 1. The molecule has 0 spiro atoms. The second kappa shape index (κ2) is 5.56. The minimum Gasteiger partial charge on any atom is -0.481 e. The molecule has 1 saturated carbocycles. The van der Waals surface area contributed by atoms with Crippen LogP contribution >= 0.6 is 0 Å². The zero-order valence-corrected chi connectivity index (χ0v) is 11.3. The highest BCUT2D eigenvalue weighted by Gasteiger charge is 2.32. The summed E-state index contributed by atoms with van der Waals surface area (Å²) in [5.74, 6) is -1.39. The summed E-state index contributed by atoms with van der Waals surface area (Å²) in [7, 11) is -3.73. The van der Waals surface area contributed by atoms with Crippen LogP contribution in [0.4, 0.5) is 0 Å². The summed E-state index contributed by atoms with van der Waals surface area (Å²) in [5.41, 5.74) is 0.135. The SMILES string of the molecule is N#Cc1ccc(S(=O)(=O)N[C@H]2CC[C@@H](C(=O)O)C2)cn1. The summed E-state index contributed by atoms with van der Waals surface area (Å²) in [6.07, 6.45) is 2.37. The number of nitrogens with one attached hydrogen (secondary N) is 1. The third-order valence-corrected chi connectivity index (χ3v) is 4.77. The maximum Gasteiger partial charge on any atom is 0.306 e. The van der Waals surface area contributed by atoms with Crippen LogP contribution in [0.5, 0.6) is 0 Å². The number of sulfonamides is 1. The molecule has 0 amide bonds. The van der Waals surface area contributed by atoms with E-state index in [-0.39, 0.29) is 23.1 Å². The molecule has 0 unspecified atom stereocenters. The van der Waals surface area contributed by atoms with Crippen LogP contribution in [-0.4, -0.2) is 30.5 Å². The topological polar surface area (TPSA) is 120 Å². The number of hydrogen-bond acceptors (Lipinski definition) is 5. The van der Waals surface area contributed by atoms with Crippen LogP contribution in [0.3, 0.4) is 0 Å². The van der Waals surface area contributed by atoms with Gasteiger partial charge in [0, 0.05) is 12.2 Å². The van der Waals surface area contributed by atoms with Crippen LogP contribution < -0.4 is 4.72 Å². The van der Waals surface area contributed by atoms with Gasteiger partial charge in [-0.3, -0.25) is 4.79 Å². The molecule has 1 aromatic rings. The maximum absolute atomic E-state index is 12.1. The first-order valence-corrected chi connectivity index (χ1v) is 7.52. The number of carbonyl (C=O) groups is 1. The first-order chi connectivity index (χ1) is 9.42. The zero-order chi connectivity index (χ0) is 14.8. The van der Waals surface area contributed by atoms with Crippen LogP contribution in [0.25, 0.3) is 0 Å². The van der Waals surface area contributed by atoms with Gasteiger partial charge < -0.3 is 5.11 Å². The Kier molecular flexibility index (Phi) is 4.01. The molecule has 0 aliphatic heterocycles. The summed E-state index contributed by atoms with van der Waals surface area (Å²) in [5, 5.41) is 17.5. The van der Waals surface area contributed by atoms with Gasteiger partial charge in [0.15, 0.2) is 0 Å². The molecule has 0 radical (unpaired) electrons. The number of nitriles is 1. The summed E-state index contributed by atoms with van der Waals surface area (Å²) < 4.78 is 26.6. The Morgan fingerprint density at radius 1 is 1.45 bits per heavy atom. The van der Waals surface area contributed by atoms with Crippen molar-refractivity contribution >= 4 is 16.0 Å². The van der Waals surface area contributed by atoms with Crippen molar-refractivity contribution in [3.8, 4) is 6.07 Å². The molecule has 0 saturated heterocycles. The Bertz CT molecular complexity index is 648. The van der Waals surface area contributed by atoms with Crippen molar-refractivity contribution in [2.75, 3.05) is 0 Å². The summed E-state index contributed by atoms with van der Waals surface area (Å²) in [6.45, 7) is 0. The highest BCUT2D eigenvalue weighted by molar-refractivity contribution is 7.89. The minimum atomic E-state index is -3.73. The van der Waals surface area contributed by atoms with Gasteiger partial charge in [-0.1, -0.05) is 0 Å². The molecular formula is C12H13N3O4S. The third kappa shape index (κ3) is 3.12. The lowest BCUT2D eigenvalue weighted by molar-refractivity contribution is -0.141. The molecule has 2 rings (SSSR count). The van der Waals surface area contributed by atoms with Crippen molar-refractivity contribution < 1.29 is 18.3 Å². The zero-order valence-electron chi connectivity index (χ0n) is 10.5. The Morgan fingerprint density at radius 3 is 2.70 bits per heavy atom. The van der Waals surface area contributed by atoms with E-state index in [4.69, 9.17) is 10.4 Å². The van der Waals surface area contributed by atoms with E-state index in [2.05, 4.69) is 9.71 Å². The smallest absolute Gasteiger partial charge is 0.306 e. The lowest BCUT2D eigenvalue weighted by Crippen LogP contribution is -2.33. The molecule has 7 nitrogen and oxygen atoms in total. The normalized spacial score (nSPS) is 22.4. The molecule has 106 valence electrons. The maximum atomic E-state index is 12.1. The van der Waals surface area contributed by atoms with Crippen LogP contribution in [0.1, 0.15) is 25.0 Å². The number of aromatic nitrogens is 1. The Labute approximate surface area is 116 Å². The largest absolute Gasteiger partial charge is 0.481 e.